The molecule has 1 saturated heterocycles. The van der Waals surface area contributed by atoms with E-state index >= 15 is 0 Å². The quantitative estimate of drug-likeness (QED) is 0.0360. The molecule has 0 aliphatic carbocycles. The number of hydrogen-bond donors (Lipinski definition) is 14. The van der Waals surface area contributed by atoms with Gasteiger partial charge in [-0.2, -0.15) is 0 Å². The van der Waals surface area contributed by atoms with Crippen LogP contribution in [0.5, 0.6) is 5.75 Å². The van der Waals surface area contributed by atoms with Gasteiger partial charge in [0.1, 0.15) is 60.1 Å². The summed E-state index contributed by atoms with van der Waals surface area (Å²) >= 11 is 0. The lowest BCUT2D eigenvalue weighted by molar-refractivity contribution is -0.144. The van der Waals surface area contributed by atoms with Crippen molar-refractivity contribution < 1.29 is 78.3 Å². The van der Waals surface area contributed by atoms with Gasteiger partial charge in [0.25, 0.3) is 0 Å². The van der Waals surface area contributed by atoms with Crippen molar-refractivity contribution in [2.24, 2.45) is 23.3 Å². The number of nitrogens with one attached hydrogen (secondary N) is 7. The summed E-state index contributed by atoms with van der Waals surface area (Å²) in [5, 5.41) is 64.9. The first kappa shape index (κ1) is 59.2. The number of carboxylic acids is 2. The monoisotopic (exact) mass is 992 g/mol. The summed E-state index contributed by atoms with van der Waals surface area (Å²) in [5.74, 6) is -12.2. The Labute approximate surface area is 403 Å². The maximum Gasteiger partial charge on any atom is 0.326 e. The fourth-order valence-electron chi connectivity index (χ4n) is 7.13. The van der Waals surface area contributed by atoms with Crippen LogP contribution in [-0.2, 0) is 59.2 Å². The third kappa shape index (κ3) is 18.5. The molecule has 70 heavy (non-hydrogen) atoms. The average molecular weight is 993 g/mol. The van der Waals surface area contributed by atoms with Gasteiger partial charge >= 0.3 is 11.9 Å². The molecule has 0 radical (unpaired) electrons. The molecule has 0 saturated carbocycles. The second-order valence-corrected chi connectivity index (χ2v) is 17.4. The largest absolute Gasteiger partial charge is 0.508 e. The number of aliphatic hydroxyl groups is 2. The van der Waals surface area contributed by atoms with Crippen molar-refractivity contribution in [2.75, 3.05) is 19.8 Å². The Hall–Kier alpha value is -6.93. The van der Waals surface area contributed by atoms with Gasteiger partial charge in [0, 0.05) is 25.8 Å². The van der Waals surface area contributed by atoms with Crippen molar-refractivity contribution in [3.05, 3.63) is 29.8 Å². The van der Waals surface area contributed by atoms with Crippen molar-refractivity contribution in [1.82, 2.24) is 42.1 Å². The number of carbonyl (C=O) groups is 11. The van der Waals surface area contributed by atoms with Gasteiger partial charge in [-0.1, -0.05) is 46.2 Å². The highest BCUT2D eigenvalue weighted by Gasteiger charge is 2.41. The van der Waals surface area contributed by atoms with Crippen LogP contribution in [0.1, 0.15) is 85.1 Å². The van der Waals surface area contributed by atoms with Crippen LogP contribution in [0.25, 0.3) is 0 Å². The first-order valence-corrected chi connectivity index (χ1v) is 22.8. The molecular formula is C44H68N10O16. The number of primary amides is 1. The zero-order chi connectivity index (χ0) is 53.0. The zero-order valence-electron chi connectivity index (χ0n) is 39.8. The van der Waals surface area contributed by atoms with Crippen LogP contribution in [0.3, 0.4) is 0 Å². The number of likely N-dealkylation sites (tertiary alicyclic amines) is 1. The first-order chi connectivity index (χ1) is 32.8. The Morgan fingerprint density at radius 2 is 1.20 bits per heavy atom. The molecule has 10 atom stereocenters. The van der Waals surface area contributed by atoms with Gasteiger partial charge < -0.3 is 79.1 Å². The van der Waals surface area contributed by atoms with Crippen LogP contribution in [0.4, 0.5) is 0 Å². The second kappa shape index (κ2) is 28.5. The summed E-state index contributed by atoms with van der Waals surface area (Å²) < 4.78 is 0. The second-order valence-electron chi connectivity index (χ2n) is 17.4. The van der Waals surface area contributed by atoms with Crippen LogP contribution in [0, 0.1) is 11.8 Å². The average Bonchev–Trinajstić information content (AvgIpc) is 3.81. The fourth-order valence-corrected chi connectivity index (χ4v) is 7.13. The topological polar surface area (TPSA) is 428 Å². The van der Waals surface area contributed by atoms with E-state index in [-0.39, 0.29) is 25.1 Å². The Balaban J connectivity index is 2.21. The van der Waals surface area contributed by atoms with E-state index in [9.17, 15) is 78.3 Å². The third-order valence-corrected chi connectivity index (χ3v) is 11.5. The molecule has 1 aliphatic rings. The van der Waals surface area contributed by atoms with Gasteiger partial charge in [0.15, 0.2) is 0 Å². The molecule has 16 N–H and O–H groups in total. The molecule has 1 aliphatic heterocycles. The molecule has 0 bridgehead atoms. The SMILES string of the molecule is CC[C@H](C)[C@H](NC(=O)[C@H](CCC(N)=O)NC(=O)[C@H](CCC(=O)O)NC(=O)[C@H](C)NC(=O)[C@H](CO)NC(=O)[C@@H]1CCCN1C(=O)[C@@H](NC(=O)[C@H](Cc1ccc(O)cc1)NC(=O)[C@@H](N)CO)C(C)C)C(=O)O. The van der Waals surface area contributed by atoms with Crippen LogP contribution in [0.15, 0.2) is 24.3 Å². The predicted molar refractivity (Wildman–Crippen MR) is 245 cm³/mol. The Kier molecular flexibility index (Phi) is 24.1. The number of aliphatic carboxylic acids is 2. The summed E-state index contributed by atoms with van der Waals surface area (Å²) in [5.41, 5.74) is 11.4. The van der Waals surface area contributed by atoms with Crippen LogP contribution >= 0.6 is 0 Å². The van der Waals surface area contributed by atoms with Crippen LogP contribution in [-0.4, -0.2) is 170 Å². The highest BCUT2D eigenvalue weighted by Crippen LogP contribution is 2.21. The number of phenols is 1. The molecule has 9 amide bonds. The number of nitrogens with zero attached hydrogens (tertiary/aromatic N) is 1. The van der Waals surface area contributed by atoms with E-state index in [0.717, 1.165) is 0 Å². The van der Waals surface area contributed by atoms with Crippen molar-refractivity contribution in [1.29, 1.82) is 0 Å². The van der Waals surface area contributed by atoms with Crippen molar-refractivity contribution >= 4 is 65.1 Å². The number of nitrogens with two attached hydrogens (primary N) is 2. The van der Waals surface area contributed by atoms with E-state index in [2.05, 4.69) is 37.2 Å². The number of carboxylic acid groups (broad SMARTS) is 2. The number of aromatic hydroxyl groups is 1. The first-order valence-electron chi connectivity index (χ1n) is 22.8. The summed E-state index contributed by atoms with van der Waals surface area (Å²) in [6.07, 6.45) is -1.36. The number of carbonyl (C=O) groups excluding carboxylic acids is 9. The minimum atomic E-state index is -1.70. The molecule has 26 nitrogen and oxygen atoms in total. The van der Waals surface area contributed by atoms with Crippen molar-refractivity contribution in [3.8, 4) is 5.75 Å². The molecule has 1 aromatic carbocycles. The van der Waals surface area contributed by atoms with Gasteiger partial charge in [0.05, 0.1) is 13.2 Å². The Morgan fingerprint density at radius 1 is 0.671 bits per heavy atom. The maximum atomic E-state index is 14.1. The normalized spacial score (nSPS) is 17.2. The standard InChI is InChI=1S/C44H68N10O16/c1-6-22(4)35(44(69)70)53-39(64)27(13-15-32(46)58)49-38(63)28(14-16-33(59)60)48-36(61)23(5)47-41(66)30(20-56)51-42(67)31-8-7-17-54(31)43(68)34(21(2)3)52-40(65)29(50-37(62)26(45)19-55)18-24-9-11-25(57)12-10-24/h9-12,21-23,26-31,34-35,55-57H,6-8,13-20,45H2,1-5H3,(H2,46,58)(H,47,66)(H,48,61)(H,49,63)(H,50,62)(H,51,67)(H,52,65)(H,53,64)(H,59,60)(H,69,70)/t22-,23-,26-,27-,28-,29-,30-,31-,34-,35-/m0/s1. The number of benzene rings is 1. The summed E-state index contributed by atoms with van der Waals surface area (Å²) in [6.45, 7) is 6.01. The lowest BCUT2D eigenvalue weighted by atomic mass is 9.98. The molecule has 1 fully saturated rings. The van der Waals surface area contributed by atoms with Crippen LogP contribution in [0.2, 0.25) is 0 Å². The van der Waals surface area contributed by atoms with E-state index < -0.39 is 170 Å². The van der Waals surface area contributed by atoms with E-state index in [4.69, 9.17) is 11.5 Å². The Bertz CT molecular complexity index is 2040. The minimum Gasteiger partial charge on any atom is -0.508 e. The lowest BCUT2D eigenvalue weighted by Crippen LogP contribution is -2.61. The van der Waals surface area contributed by atoms with Gasteiger partial charge in [-0.25, -0.2) is 4.79 Å². The molecule has 1 heterocycles. The van der Waals surface area contributed by atoms with Gasteiger partial charge in [-0.15, -0.1) is 0 Å². The third-order valence-electron chi connectivity index (χ3n) is 11.5. The molecular weight excluding hydrogens is 925 g/mol. The summed E-state index contributed by atoms with van der Waals surface area (Å²) in [4.78, 5) is 144. The summed E-state index contributed by atoms with van der Waals surface area (Å²) in [6, 6.07) is -7.17. The highest BCUT2D eigenvalue weighted by atomic mass is 16.4. The Morgan fingerprint density at radius 3 is 1.73 bits per heavy atom. The number of aliphatic hydroxyl groups excluding tert-OH is 2. The van der Waals surface area contributed by atoms with E-state index in [1.807, 2.05) is 0 Å². The minimum absolute atomic E-state index is 0.0492. The molecule has 390 valence electrons. The van der Waals surface area contributed by atoms with Gasteiger partial charge in [-0.3, -0.25) is 47.9 Å². The molecule has 0 aromatic heterocycles. The van der Waals surface area contributed by atoms with Crippen molar-refractivity contribution in [3.63, 3.8) is 0 Å². The lowest BCUT2D eigenvalue weighted by Gasteiger charge is -2.32. The maximum absolute atomic E-state index is 14.1. The highest BCUT2D eigenvalue weighted by molar-refractivity contribution is 5.98. The van der Waals surface area contributed by atoms with Crippen molar-refractivity contribution in [2.45, 2.75) is 140 Å². The molecule has 0 unspecified atom stereocenters. The predicted octanol–water partition coefficient (Wildman–Crippen LogP) is -4.43. The molecule has 1 aromatic rings. The number of amides is 9. The molecule has 2 rings (SSSR count). The zero-order valence-corrected chi connectivity index (χ0v) is 39.8. The van der Waals surface area contributed by atoms with E-state index in [1.165, 1.54) is 36.1 Å². The van der Waals surface area contributed by atoms with E-state index in [0.29, 0.717) is 18.4 Å². The van der Waals surface area contributed by atoms with Gasteiger partial charge in [-0.05, 0) is 62.1 Å². The smallest absolute Gasteiger partial charge is 0.326 e. The number of rotatable bonds is 29. The van der Waals surface area contributed by atoms with Gasteiger partial charge in [0.2, 0.25) is 53.2 Å². The number of hydrogen-bond acceptors (Lipinski definition) is 15. The van der Waals surface area contributed by atoms with Crippen LogP contribution < -0.4 is 48.7 Å². The summed E-state index contributed by atoms with van der Waals surface area (Å²) in [7, 11) is 0. The molecule has 0 spiro atoms. The molecule has 26 heteroatoms. The fraction of sp³-hybridized carbons (Fsp3) is 0.614. The van der Waals surface area contributed by atoms with E-state index in [1.54, 1.807) is 27.7 Å². The number of phenolic OH excluding ortho intramolecular Hbond substituents is 1.